The molecule has 1 amide bonds. The molecular formula is C23H36N4O7. The number of carbonyl (C=O) groups is 1. The number of nitrogens with one attached hydrogen (secondary N) is 1. The Hall–Kier alpha value is -2.72. The normalized spacial score (nSPS) is 12.3. The van der Waals surface area contributed by atoms with Crippen LogP contribution >= 0.6 is 0 Å². The summed E-state index contributed by atoms with van der Waals surface area (Å²) in [6.07, 6.45) is 1.89. The molecule has 0 saturated carbocycles. The van der Waals surface area contributed by atoms with Crippen molar-refractivity contribution in [3.63, 3.8) is 0 Å². The van der Waals surface area contributed by atoms with Gasteiger partial charge in [0.1, 0.15) is 5.60 Å². The minimum atomic E-state index is -0.527. The van der Waals surface area contributed by atoms with Crippen molar-refractivity contribution in [3.05, 3.63) is 33.7 Å². The highest BCUT2D eigenvalue weighted by Gasteiger charge is 2.18. The van der Waals surface area contributed by atoms with E-state index in [0.717, 1.165) is 35.5 Å². The topological polar surface area (TPSA) is 133 Å². The lowest BCUT2D eigenvalue weighted by Crippen LogP contribution is -2.33. The van der Waals surface area contributed by atoms with Crippen LogP contribution in [0.3, 0.4) is 0 Å². The fourth-order valence-corrected chi connectivity index (χ4v) is 3.16. The van der Waals surface area contributed by atoms with E-state index in [9.17, 15) is 4.79 Å². The van der Waals surface area contributed by atoms with Crippen LogP contribution in [0.2, 0.25) is 0 Å². The summed E-state index contributed by atoms with van der Waals surface area (Å²) in [6.45, 7) is 9.43. The number of fused-ring (bicyclic) bond motifs is 1. The van der Waals surface area contributed by atoms with E-state index in [4.69, 9.17) is 34.0 Å². The van der Waals surface area contributed by atoms with Crippen molar-refractivity contribution in [2.24, 2.45) is 5.11 Å². The molecule has 1 aromatic rings. The van der Waals surface area contributed by atoms with Crippen LogP contribution in [0.4, 0.5) is 4.79 Å². The van der Waals surface area contributed by atoms with Crippen LogP contribution in [-0.4, -0.2) is 71.2 Å². The zero-order valence-electron chi connectivity index (χ0n) is 20.3. The van der Waals surface area contributed by atoms with Gasteiger partial charge in [-0.15, -0.1) is 0 Å². The molecule has 1 aliphatic heterocycles. The number of benzene rings is 1. The summed E-state index contributed by atoms with van der Waals surface area (Å²) in [5, 5.41) is 6.19. The van der Waals surface area contributed by atoms with Gasteiger partial charge in [0.15, 0.2) is 11.5 Å². The highest BCUT2D eigenvalue weighted by Crippen LogP contribution is 2.35. The van der Waals surface area contributed by atoms with Gasteiger partial charge in [0.2, 0.25) is 6.79 Å². The average molecular weight is 481 g/mol. The molecule has 1 aliphatic rings. The maximum Gasteiger partial charge on any atom is 0.407 e. The number of rotatable bonds is 16. The molecular weight excluding hydrogens is 444 g/mol. The number of hydrogen-bond donors (Lipinski definition) is 1. The summed E-state index contributed by atoms with van der Waals surface area (Å²) in [5.74, 6) is 1.47. The lowest BCUT2D eigenvalue weighted by atomic mass is 9.99. The van der Waals surface area contributed by atoms with Crippen molar-refractivity contribution < 1.29 is 33.2 Å². The first kappa shape index (κ1) is 27.5. The first-order chi connectivity index (χ1) is 16.4. The summed E-state index contributed by atoms with van der Waals surface area (Å²) in [6, 6.07) is 3.99. The molecule has 1 heterocycles. The van der Waals surface area contributed by atoms with E-state index in [1.54, 1.807) is 0 Å². The first-order valence-electron chi connectivity index (χ1n) is 11.5. The van der Waals surface area contributed by atoms with Gasteiger partial charge in [-0.2, -0.15) is 0 Å². The SMILES string of the molecule is CC(C)(C)OC(=O)NCCc1cc2c(cc1CCCOCCOCCOCCN=[N+]=[N-])OCO2. The first-order valence-corrected chi connectivity index (χ1v) is 11.5. The van der Waals surface area contributed by atoms with Crippen LogP contribution in [-0.2, 0) is 31.8 Å². The van der Waals surface area contributed by atoms with E-state index < -0.39 is 11.7 Å². The van der Waals surface area contributed by atoms with Gasteiger partial charge in [-0.1, -0.05) is 5.11 Å². The van der Waals surface area contributed by atoms with Gasteiger partial charge in [-0.3, -0.25) is 0 Å². The van der Waals surface area contributed by atoms with Crippen LogP contribution in [0.15, 0.2) is 17.2 Å². The summed E-state index contributed by atoms with van der Waals surface area (Å²) < 4.78 is 32.7. The van der Waals surface area contributed by atoms with E-state index in [0.29, 0.717) is 59.2 Å². The number of aryl methyl sites for hydroxylation is 1. The second-order valence-corrected chi connectivity index (χ2v) is 8.55. The Balaban J connectivity index is 1.65. The van der Waals surface area contributed by atoms with Crippen LogP contribution < -0.4 is 14.8 Å². The predicted octanol–water partition coefficient (Wildman–Crippen LogP) is 3.78. The van der Waals surface area contributed by atoms with Crippen molar-refractivity contribution in [2.75, 3.05) is 59.5 Å². The lowest BCUT2D eigenvalue weighted by Gasteiger charge is -2.20. The lowest BCUT2D eigenvalue weighted by molar-refractivity contribution is 0.0156. The summed E-state index contributed by atoms with van der Waals surface area (Å²) in [5.41, 5.74) is 9.88. The van der Waals surface area contributed by atoms with Crippen LogP contribution in [0, 0.1) is 0 Å². The number of alkyl carbamates (subject to hydrolysis) is 1. The van der Waals surface area contributed by atoms with Crippen molar-refractivity contribution in [1.29, 1.82) is 0 Å². The molecule has 1 aromatic carbocycles. The fourth-order valence-electron chi connectivity index (χ4n) is 3.16. The van der Waals surface area contributed by atoms with E-state index in [1.165, 1.54) is 0 Å². The Labute approximate surface area is 200 Å². The standard InChI is InChI=1S/C23H36N4O7/c1-23(2,3)34-22(28)25-7-6-19-16-21-20(32-17-33-21)15-18(19)5-4-9-29-11-13-31-14-12-30-10-8-26-27-24/h15-16H,4-14,17H2,1-3H3,(H,25,28). The van der Waals surface area contributed by atoms with Gasteiger partial charge in [-0.05, 0) is 68.8 Å². The van der Waals surface area contributed by atoms with E-state index in [2.05, 4.69) is 15.3 Å². The predicted molar refractivity (Wildman–Crippen MR) is 125 cm³/mol. The largest absolute Gasteiger partial charge is 0.454 e. The molecule has 0 aromatic heterocycles. The van der Waals surface area contributed by atoms with Gasteiger partial charge in [0.25, 0.3) is 0 Å². The van der Waals surface area contributed by atoms with Crippen LogP contribution in [0.25, 0.3) is 10.4 Å². The molecule has 11 nitrogen and oxygen atoms in total. The van der Waals surface area contributed by atoms with Crippen LogP contribution in [0.5, 0.6) is 11.5 Å². The molecule has 1 N–H and O–H groups in total. The van der Waals surface area contributed by atoms with Crippen molar-refractivity contribution in [1.82, 2.24) is 5.32 Å². The van der Waals surface area contributed by atoms with Crippen molar-refractivity contribution in [2.45, 2.75) is 45.6 Å². The minimum absolute atomic E-state index is 0.219. The quantitative estimate of drug-likeness (QED) is 0.165. The number of carbonyl (C=O) groups excluding carboxylic acids is 1. The number of hydrogen-bond acceptors (Lipinski definition) is 8. The Bertz CT molecular complexity index is 807. The minimum Gasteiger partial charge on any atom is -0.454 e. The maximum atomic E-state index is 11.9. The number of nitrogens with zero attached hydrogens (tertiary/aromatic N) is 3. The van der Waals surface area contributed by atoms with Gasteiger partial charge >= 0.3 is 6.09 Å². The molecule has 0 fully saturated rings. The third-order valence-electron chi connectivity index (χ3n) is 4.64. The van der Waals surface area contributed by atoms with Crippen LogP contribution in [0.1, 0.15) is 38.3 Å². The fraction of sp³-hybridized carbons (Fsp3) is 0.696. The molecule has 0 unspecified atom stereocenters. The summed E-state index contributed by atoms with van der Waals surface area (Å²) in [4.78, 5) is 14.6. The number of azide groups is 1. The van der Waals surface area contributed by atoms with Gasteiger partial charge < -0.3 is 33.7 Å². The second-order valence-electron chi connectivity index (χ2n) is 8.55. The summed E-state index contributed by atoms with van der Waals surface area (Å²) >= 11 is 0. The smallest absolute Gasteiger partial charge is 0.407 e. The average Bonchev–Trinajstić information content (AvgIpc) is 3.23. The zero-order valence-corrected chi connectivity index (χ0v) is 20.3. The Morgan fingerprint density at radius 3 is 2.21 bits per heavy atom. The molecule has 0 bridgehead atoms. The van der Waals surface area contributed by atoms with Gasteiger partial charge in [-0.25, -0.2) is 4.79 Å². The summed E-state index contributed by atoms with van der Waals surface area (Å²) in [7, 11) is 0. The Morgan fingerprint density at radius 1 is 1.00 bits per heavy atom. The Morgan fingerprint density at radius 2 is 1.59 bits per heavy atom. The second kappa shape index (κ2) is 15.2. The maximum absolute atomic E-state index is 11.9. The van der Waals surface area contributed by atoms with E-state index in [-0.39, 0.29) is 6.79 Å². The van der Waals surface area contributed by atoms with Crippen molar-refractivity contribution in [3.8, 4) is 11.5 Å². The monoisotopic (exact) mass is 480 g/mol. The Kier molecular flexibility index (Phi) is 12.3. The molecule has 11 heteroatoms. The van der Waals surface area contributed by atoms with Gasteiger partial charge in [0.05, 0.1) is 33.0 Å². The molecule has 0 aliphatic carbocycles. The highest BCUT2D eigenvalue weighted by atomic mass is 16.7. The van der Waals surface area contributed by atoms with Gasteiger partial charge in [0, 0.05) is 24.6 Å². The number of amides is 1. The zero-order chi connectivity index (χ0) is 24.7. The molecule has 0 radical (unpaired) electrons. The molecule has 34 heavy (non-hydrogen) atoms. The molecule has 190 valence electrons. The molecule has 2 rings (SSSR count). The number of ether oxygens (including phenoxy) is 6. The third-order valence-corrected chi connectivity index (χ3v) is 4.64. The molecule has 0 saturated heterocycles. The van der Waals surface area contributed by atoms with E-state index in [1.807, 2.05) is 32.9 Å². The van der Waals surface area contributed by atoms with E-state index >= 15 is 0 Å². The third kappa shape index (κ3) is 11.4. The highest BCUT2D eigenvalue weighted by molar-refractivity contribution is 5.67. The molecule has 0 atom stereocenters. The molecule has 0 spiro atoms. The van der Waals surface area contributed by atoms with Crippen molar-refractivity contribution >= 4 is 6.09 Å².